The number of aliphatic hydroxyl groups is 1. The second kappa shape index (κ2) is 8.09. The highest BCUT2D eigenvalue weighted by atomic mass is 35.5. The first-order chi connectivity index (χ1) is 15.3. The number of anilines is 1. The van der Waals surface area contributed by atoms with Crippen molar-refractivity contribution >= 4 is 38.2 Å². The van der Waals surface area contributed by atoms with E-state index in [1.54, 1.807) is 19.4 Å². The molecule has 32 heavy (non-hydrogen) atoms. The molecule has 1 aliphatic heterocycles. The number of benzene rings is 1. The fraction of sp³-hybridized carbons (Fsp3) is 0.609. The van der Waals surface area contributed by atoms with Crippen LogP contribution in [0.1, 0.15) is 32.6 Å². The molecule has 1 saturated heterocycles. The van der Waals surface area contributed by atoms with Crippen molar-refractivity contribution in [1.29, 1.82) is 0 Å². The summed E-state index contributed by atoms with van der Waals surface area (Å²) in [6.45, 7) is 3.87. The molecule has 2 saturated carbocycles. The Morgan fingerprint density at radius 3 is 2.66 bits per heavy atom. The summed E-state index contributed by atoms with van der Waals surface area (Å²) < 4.78 is 35.5. The van der Waals surface area contributed by atoms with Crippen LogP contribution in [0, 0.1) is 17.8 Å². The molecule has 1 aromatic heterocycles. The summed E-state index contributed by atoms with van der Waals surface area (Å²) in [5.74, 6) is 0.914. The highest BCUT2D eigenvalue weighted by Crippen LogP contribution is 2.55. The average molecular weight is 480 g/mol. The third-order valence-electron chi connectivity index (χ3n) is 7.83. The topological polar surface area (TPSA) is 91.8 Å². The number of methoxy groups -OCH3 is 1. The lowest BCUT2D eigenvalue weighted by molar-refractivity contribution is -0.0132. The van der Waals surface area contributed by atoms with Crippen LogP contribution in [-0.2, 0) is 14.8 Å². The van der Waals surface area contributed by atoms with Gasteiger partial charge in [0.25, 0.3) is 0 Å². The van der Waals surface area contributed by atoms with E-state index in [4.69, 9.17) is 16.3 Å². The number of ether oxygens (including phenoxy) is 1. The summed E-state index contributed by atoms with van der Waals surface area (Å²) in [4.78, 5) is 6.76. The normalized spacial score (nSPS) is 29.3. The number of piperidine rings is 1. The number of aliphatic hydroxyl groups excluding tert-OH is 1. The largest absolute Gasteiger partial charge is 0.396 e. The molecule has 4 atom stereocenters. The molecule has 0 spiro atoms. The van der Waals surface area contributed by atoms with Gasteiger partial charge in [-0.2, -0.15) is 0 Å². The van der Waals surface area contributed by atoms with Crippen LogP contribution < -0.4 is 9.62 Å². The molecule has 0 bridgehead atoms. The van der Waals surface area contributed by atoms with Gasteiger partial charge in [-0.3, -0.25) is 4.98 Å². The molecular formula is C23H30ClN3O4S. The molecule has 0 amide bonds. The molecular weight excluding hydrogens is 450 g/mol. The number of pyridine rings is 1. The van der Waals surface area contributed by atoms with Crippen molar-refractivity contribution in [2.75, 3.05) is 31.7 Å². The molecule has 174 valence electrons. The van der Waals surface area contributed by atoms with Gasteiger partial charge in [-0.25, -0.2) is 13.1 Å². The second-order valence-corrected chi connectivity index (χ2v) is 11.8. The Balaban J connectivity index is 1.48. The first-order valence-corrected chi connectivity index (χ1v) is 13.1. The van der Waals surface area contributed by atoms with E-state index in [9.17, 15) is 13.5 Å². The Labute approximate surface area is 194 Å². The van der Waals surface area contributed by atoms with E-state index in [1.807, 2.05) is 12.1 Å². The SMILES string of the molecule is COC1(C)CCN(c2ccnc3c(S(=O)(=O)N[C@H]4C[C@@H](CO)[C@@H]5C[C@@H]54)c(Cl)ccc23)CC1. The quantitative estimate of drug-likeness (QED) is 0.661. The zero-order valence-electron chi connectivity index (χ0n) is 18.4. The summed E-state index contributed by atoms with van der Waals surface area (Å²) in [5.41, 5.74) is 1.23. The van der Waals surface area contributed by atoms with Crippen molar-refractivity contribution < 1.29 is 18.3 Å². The Kier molecular flexibility index (Phi) is 5.65. The monoisotopic (exact) mass is 479 g/mol. The highest BCUT2D eigenvalue weighted by Gasteiger charge is 2.54. The number of nitrogens with zero attached hydrogens (tertiary/aromatic N) is 2. The van der Waals surface area contributed by atoms with Gasteiger partial charge in [0.1, 0.15) is 4.90 Å². The van der Waals surface area contributed by atoms with Crippen LogP contribution in [-0.4, -0.2) is 57.0 Å². The minimum atomic E-state index is -3.87. The lowest BCUT2D eigenvalue weighted by Crippen LogP contribution is -2.43. The minimum absolute atomic E-state index is 0.0434. The molecule has 0 radical (unpaired) electrons. The first kappa shape index (κ1) is 22.3. The van der Waals surface area contributed by atoms with Gasteiger partial charge in [0, 0.05) is 50.1 Å². The van der Waals surface area contributed by atoms with Crippen molar-refractivity contribution in [2.45, 2.75) is 49.1 Å². The van der Waals surface area contributed by atoms with Gasteiger partial charge in [-0.15, -0.1) is 0 Å². The Hall–Kier alpha value is -1.45. The minimum Gasteiger partial charge on any atom is -0.396 e. The fourth-order valence-electron chi connectivity index (χ4n) is 5.63. The summed E-state index contributed by atoms with van der Waals surface area (Å²) in [6, 6.07) is 5.29. The number of sulfonamides is 1. The molecule has 2 aromatic rings. The summed E-state index contributed by atoms with van der Waals surface area (Å²) in [5, 5.41) is 10.5. The molecule has 2 aliphatic carbocycles. The van der Waals surface area contributed by atoms with Gasteiger partial charge in [0.2, 0.25) is 10.0 Å². The Morgan fingerprint density at radius 2 is 2.00 bits per heavy atom. The number of halogens is 1. The third kappa shape index (κ3) is 3.80. The van der Waals surface area contributed by atoms with Crippen molar-refractivity contribution in [1.82, 2.24) is 9.71 Å². The van der Waals surface area contributed by atoms with Crippen LogP contribution >= 0.6 is 11.6 Å². The van der Waals surface area contributed by atoms with E-state index in [0.29, 0.717) is 23.8 Å². The van der Waals surface area contributed by atoms with Gasteiger partial charge >= 0.3 is 0 Å². The molecule has 5 rings (SSSR count). The zero-order valence-corrected chi connectivity index (χ0v) is 20.0. The molecule has 3 aliphatic rings. The summed E-state index contributed by atoms with van der Waals surface area (Å²) >= 11 is 6.44. The molecule has 7 nitrogen and oxygen atoms in total. The van der Waals surface area contributed by atoms with E-state index in [0.717, 1.165) is 43.4 Å². The number of aromatic nitrogens is 1. The summed E-state index contributed by atoms with van der Waals surface area (Å²) in [7, 11) is -2.12. The molecule has 9 heteroatoms. The van der Waals surface area contributed by atoms with Crippen molar-refractivity contribution in [2.24, 2.45) is 17.8 Å². The van der Waals surface area contributed by atoms with Crippen molar-refractivity contribution in [3.63, 3.8) is 0 Å². The van der Waals surface area contributed by atoms with Crippen LogP contribution in [0.2, 0.25) is 5.02 Å². The summed E-state index contributed by atoms with van der Waals surface area (Å²) in [6.07, 6.45) is 5.08. The maximum absolute atomic E-state index is 13.5. The number of nitrogens with one attached hydrogen (secondary N) is 1. The van der Waals surface area contributed by atoms with Crippen LogP contribution in [0.15, 0.2) is 29.3 Å². The maximum Gasteiger partial charge on any atom is 0.244 e. The fourth-order valence-corrected chi connectivity index (χ4v) is 7.62. The number of fused-ring (bicyclic) bond motifs is 2. The molecule has 2 heterocycles. The van der Waals surface area contributed by atoms with Gasteiger partial charge in [0.05, 0.1) is 16.1 Å². The number of hydrogen-bond donors (Lipinski definition) is 2. The molecule has 3 fully saturated rings. The van der Waals surface area contributed by atoms with E-state index < -0.39 is 10.0 Å². The average Bonchev–Trinajstić information content (AvgIpc) is 3.50. The highest BCUT2D eigenvalue weighted by molar-refractivity contribution is 7.89. The zero-order chi connectivity index (χ0) is 22.7. The molecule has 2 N–H and O–H groups in total. The van der Waals surface area contributed by atoms with Gasteiger partial charge < -0.3 is 14.7 Å². The van der Waals surface area contributed by atoms with Crippen molar-refractivity contribution in [3.8, 4) is 0 Å². The second-order valence-electron chi connectivity index (χ2n) is 9.71. The molecule has 0 unspecified atom stereocenters. The van der Waals surface area contributed by atoms with E-state index in [1.165, 1.54) is 0 Å². The predicted octanol–water partition coefficient (Wildman–Crippen LogP) is 3.19. The van der Waals surface area contributed by atoms with Crippen LogP contribution in [0.25, 0.3) is 10.9 Å². The smallest absolute Gasteiger partial charge is 0.244 e. The standard InChI is InChI=1S/C23H30ClN3O4S/c1-23(31-2)6-9-27(10-7-23)20-5-8-25-21-15(20)3-4-18(24)22(21)32(29,30)26-19-11-14(13-28)16-12-17(16)19/h3-5,8,14,16-17,19,26,28H,6-7,9-13H2,1-2H3/t14-,16-,17-,19-/m0/s1. The molecule has 1 aromatic carbocycles. The predicted molar refractivity (Wildman–Crippen MR) is 125 cm³/mol. The first-order valence-electron chi connectivity index (χ1n) is 11.3. The van der Waals surface area contributed by atoms with E-state index in [2.05, 4.69) is 21.5 Å². The van der Waals surface area contributed by atoms with E-state index >= 15 is 0 Å². The van der Waals surface area contributed by atoms with Crippen LogP contribution in [0.4, 0.5) is 5.69 Å². The maximum atomic E-state index is 13.5. The van der Waals surface area contributed by atoms with Gasteiger partial charge in [-0.05, 0) is 68.6 Å². The Morgan fingerprint density at radius 1 is 1.25 bits per heavy atom. The van der Waals surface area contributed by atoms with Gasteiger partial charge in [0.15, 0.2) is 0 Å². The lowest BCUT2D eigenvalue weighted by Gasteiger charge is -2.39. The number of rotatable bonds is 6. The van der Waals surface area contributed by atoms with Crippen LogP contribution in [0.5, 0.6) is 0 Å². The van der Waals surface area contributed by atoms with Crippen molar-refractivity contribution in [3.05, 3.63) is 29.4 Å². The number of hydrogen-bond acceptors (Lipinski definition) is 6. The third-order valence-corrected chi connectivity index (χ3v) is 9.82. The lowest BCUT2D eigenvalue weighted by atomic mass is 9.93. The Bertz CT molecular complexity index is 1130. The van der Waals surface area contributed by atoms with Crippen LogP contribution in [0.3, 0.4) is 0 Å². The van der Waals surface area contributed by atoms with Gasteiger partial charge in [-0.1, -0.05) is 11.6 Å². The van der Waals surface area contributed by atoms with E-state index in [-0.39, 0.29) is 34.1 Å².